The number of carboxylic acid groups (broad SMARTS) is 1. The summed E-state index contributed by atoms with van der Waals surface area (Å²) in [6.45, 7) is -2.71. The number of ether oxygens (including phenoxy) is 2. The van der Waals surface area contributed by atoms with E-state index in [4.69, 9.17) is 30.0 Å². The monoisotopic (exact) mass is 629 g/mol. The number of hydrogen-bond acceptors (Lipinski definition) is 17. The number of aliphatic carboxylic acids is 1. The quantitative estimate of drug-likeness (QED) is 0.0957. The molecule has 2 aliphatic rings. The highest BCUT2D eigenvalue weighted by molar-refractivity contribution is 7.47. The molecule has 0 radical (unpaired) electrons. The van der Waals surface area contributed by atoms with Gasteiger partial charge in [0, 0.05) is 12.6 Å². The lowest BCUT2D eigenvalue weighted by atomic mass is 9.88. The number of nitrogens with two attached hydrogens (primary N) is 2. The van der Waals surface area contributed by atoms with Crippen LogP contribution >= 0.6 is 7.82 Å². The molecular weight excluding hydrogens is 597 g/mol. The summed E-state index contributed by atoms with van der Waals surface area (Å²) in [5.74, 6) is -6.39. The summed E-state index contributed by atoms with van der Waals surface area (Å²) in [6.07, 6.45) is -14.9. The molecule has 13 N–H and O–H groups in total. The minimum Gasteiger partial charge on any atom is -0.477 e. The van der Waals surface area contributed by atoms with Gasteiger partial charge in [0.1, 0.15) is 42.4 Å². The summed E-state index contributed by atoms with van der Waals surface area (Å²) in [7, 11) is -5.54. The summed E-state index contributed by atoms with van der Waals surface area (Å²) in [5, 5.41) is 72.8. The van der Waals surface area contributed by atoms with Crippen LogP contribution in [-0.4, -0.2) is 136 Å². The SMILES string of the molecule is NCC(=O)N[C@H]1[C@H]([C@H](O)[C@H](O)CO)O[C@](OP(=O)(O)OC[C@H]2O[C@@H](n3ccc(N)nc3=O)[C@H](O)[C@@H]2O)(C(=O)O)C[C@@H]1O. The number of carboxylic acids is 1. The summed E-state index contributed by atoms with van der Waals surface area (Å²) < 4.78 is 33.7. The van der Waals surface area contributed by atoms with E-state index in [1.54, 1.807) is 0 Å². The van der Waals surface area contributed by atoms with Crippen molar-refractivity contribution < 1.29 is 73.3 Å². The van der Waals surface area contributed by atoms with Gasteiger partial charge in [-0.1, -0.05) is 0 Å². The molecule has 2 saturated heterocycles. The Morgan fingerprint density at radius 1 is 1.29 bits per heavy atom. The second kappa shape index (κ2) is 13.3. The van der Waals surface area contributed by atoms with E-state index in [2.05, 4.69) is 10.3 Å². The second-order valence-electron chi connectivity index (χ2n) is 9.39. The van der Waals surface area contributed by atoms with Crippen molar-refractivity contribution in [3.05, 3.63) is 22.7 Å². The van der Waals surface area contributed by atoms with E-state index >= 15 is 0 Å². The summed E-state index contributed by atoms with van der Waals surface area (Å²) >= 11 is 0. The minimum atomic E-state index is -5.54. The number of nitrogen functional groups attached to an aromatic ring is 1. The number of phosphoric ester groups is 1. The number of carbonyl (C=O) groups is 2. The second-order valence-corrected chi connectivity index (χ2v) is 10.8. The Kier molecular flexibility index (Phi) is 10.8. The van der Waals surface area contributed by atoms with Crippen LogP contribution in [0.2, 0.25) is 0 Å². The molecule has 238 valence electrons. The molecule has 1 aromatic rings. The number of phosphoric acid groups is 1. The zero-order valence-corrected chi connectivity index (χ0v) is 22.4. The number of aromatic nitrogens is 2. The van der Waals surface area contributed by atoms with Crippen LogP contribution in [0.25, 0.3) is 0 Å². The van der Waals surface area contributed by atoms with Crippen LogP contribution in [0.3, 0.4) is 0 Å². The smallest absolute Gasteiger partial charge is 0.475 e. The molecule has 1 amide bonds. The molecule has 0 aromatic carbocycles. The molecule has 0 bridgehead atoms. The van der Waals surface area contributed by atoms with E-state index in [0.717, 1.165) is 10.8 Å². The summed E-state index contributed by atoms with van der Waals surface area (Å²) in [5.41, 5.74) is 9.68. The highest BCUT2D eigenvalue weighted by Crippen LogP contribution is 2.51. The molecule has 2 fully saturated rings. The fourth-order valence-electron chi connectivity index (χ4n) is 4.33. The van der Waals surface area contributed by atoms with Crippen molar-refractivity contribution in [1.82, 2.24) is 14.9 Å². The Morgan fingerprint density at radius 3 is 2.52 bits per heavy atom. The van der Waals surface area contributed by atoms with E-state index in [1.807, 2.05) is 0 Å². The van der Waals surface area contributed by atoms with Crippen molar-refractivity contribution >= 4 is 25.5 Å². The summed E-state index contributed by atoms with van der Waals surface area (Å²) in [6, 6.07) is -0.442. The average Bonchev–Trinajstić information content (AvgIpc) is 3.20. The zero-order chi connectivity index (χ0) is 31.6. The van der Waals surface area contributed by atoms with Crippen LogP contribution < -0.4 is 22.5 Å². The van der Waals surface area contributed by atoms with E-state index in [9.17, 15) is 59.6 Å². The first-order valence-electron chi connectivity index (χ1n) is 12.2. The highest BCUT2D eigenvalue weighted by Gasteiger charge is 2.59. The van der Waals surface area contributed by atoms with Crippen LogP contribution in [0.4, 0.5) is 5.82 Å². The van der Waals surface area contributed by atoms with Crippen molar-refractivity contribution in [1.29, 1.82) is 0 Å². The van der Waals surface area contributed by atoms with E-state index < -0.39 is 112 Å². The van der Waals surface area contributed by atoms with Crippen molar-refractivity contribution in [3.63, 3.8) is 0 Å². The molecule has 2 aliphatic heterocycles. The zero-order valence-electron chi connectivity index (χ0n) is 21.5. The molecule has 21 nitrogen and oxygen atoms in total. The van der Waals surface area contributed by atoms with Crippen molar-refractivity contribution in [2.45, 2.75) is 67.2 Å². The van der Waals surface area contributed by atoms with E-state index in [0.29, 0.717) is 0 Å². The number of hydrogen-bond donors (Lipinski definition) is 11. The number of nitrogens with one attached hydrogen (secondary N) is 1. The normalized spacial score (nSPS) is 34.3. The van der Waals surface area contributed by atoms with Gasteiger partial charge in [0.2, 0.25) is 5.91 Å². The Bertz CT molecular complexity index is 1240. The predicted octanol–water partition coefficient (Wildman–Crippen LogP) is -6.33. The molecule has 0 spiro atoms. The van der Waals surface area contributed by atoms with Gasteiger partial charge in [-0.15, -0.1) is 0 Å². The average molecular weight is 629 g/mol. The van der Waals surface area contributed by atoms with Gasteiger partial charge in [-0.2, -0.15) is 4.98 Å². The third-order valence-electron chi connectivity index (χ3n) is 6.46. The van der Waals surface area contributed by atoms with Gasteiger partial charge in [0.15, 0.2) is 6.23 Å². The predicted molar refractivity (Wildman–Crippen MR) is 132 cm³/mol. The maximum Gasteiger partial charge on any atom is 0.475 e. The van der Waals surface area contributed by atoms with Gasteiger partial charge >= 0.3 is 19.5 Å². The number of anilines is 1. The largest absolute Gasteiger partial charge is 0.477 e. The number of rotatable bonds is 12. The molecule has 0 saturated carbocycles. The third-order valence-corrected chi connectivity index (χ3v) is 7.46. The maximum absolute atomic E-state index is 12.8. The fourth-order valence-corrected chi connectivity index (χ4v) is 5.28. The van der Waals surface area contributed by atoms with Gasteiger partial charge in [0.25, 0.3) is 5.79 Å². The number of amides is 1. The number of aliphatic hydroxyl groups excluding tert-OH is 6. The molecule has 1 aromatic heterocycles. The van der Waals surface area contributed by atoms with E-state index in [1.165, 1.54) is 6.07 Å². The van der Waals surface area contributed by atoms with Gasteiger partial charge < -0.3 is 66.9 Å². The van der Waals surface area contributed by atoms with Crippen LogP contribution in [0, 0.1) is 0 Å². The van der Waals surface area contributed by atoms with Crippen molar-refractivity contribution in [2.75, 3.05) is 25.5 Å². The van der Waals surface area contributed by atoms with Gasteiger partial charge in [-0.05, 0) is 6.07 Å². The summed E-state index contributed by atoms with van der Waals surface area (Å²) in [4.78, 5) is 49.9. The minimum absolute atomic E-state index is 0.140. The molecule has 42 heavy (non-hydrogen) atoms. The molecule has 11 atom stereocenters. The number of nitrogens with zero attached hydrogens (tertiary/aromatic N) is 2. The van der Waals surface area contributed by atoms with Gasteiger partial charge in [-0.25, -0.2) is 18.7 Å². The molecule has 3 heterocycles. The lowest BCUT2D eigenvalue weighted by molar-refractivity contribution is -0.289. The molecule has 3 rings (SSSR count). The molecular formula is C20H32N5O16P. The fraction of sp³-hybridized carbons (Fsp3) is 0.700. The molecule has 0 aliphatic carbocycles. The van der Waals surface area contributed by atoms with Gasteiger partial charge in [-0.3, -0.25) is 13.9 Å². The Labute approximate surface area is 235 Å². The first kappa shape index (κ1) is 33.9. The van der Waals surface area contributed by atoms with Crippen molar-refractivity contribution in [2.24, 2.45) is 5.73 Å². The van der Waals surface area contributed by atoms with Crippen LogP contribution in [-0.2, 0) is 32.7 Å². The Morgan fingerprint density at radius 2 is 1.95 bits per heavy atom. The van der Waals surface area contributed by atoms with Crippen LogP contribution in [0.1, 0.15) is 12.6 Å². The van der Waals surface area contributed by atoms with Crippen LogP contribution in [0.5, 0.6) is 0 Å². The first-order chi connectivity index (χ1) is 19.6. The number of carbonyl (C=O) groups excluding carboxylic acids is 1. The number of aliphatic hydroxyl groups is 6. The van der Waals surface area contributed by atoms with Crippen molar-refractivity contribution in [3.8, 4) is 0 Å². The molecule has 1 unspecified atom stereocenters. The maximum atomic E-state index is 12.8. The van der Waals surface area contributed by atoms with Crippen LogP contribution in [0.15, 0.2) is 17.1 Å². The first-order valence-corrected chi connectivity index (χ1v) is 13.7. The van der Waals surface area contributed by atoms with Gasteiger partial charge in [0.05, 0.1) is 31.9 Å². The third kappa shape index (κ3) is 7.29. The lowest BCUT2D eigenvalue weighted by Crippen LogP contribution is -2.68. The molecule has 22 heteroatoms. The Balaban J connectivity index is 1.79. The lowest BCUT2D eigenvalue weighted by Gasteiger charge is -2.46. The standard InChI is InChI=1S/C20H32N5O16P/c21-4-11(29)24-12-7(27)3-20(18(33)34,40-16(12)13(30)8(28)5-26)41-42(36,37)38-6-9-14(31)15(32)17(39-9)25-2-1-10(22)23-19(25)35/h1-2,7-9,12-17,26-28,30-32H,3-6,21H2,(H,24,29)(H,33,34)(H,36,37)(H2,22,23,35)/t7-,8+,9+,12+,13+,14+,15+,16+,17+,20+/m0/s1. The highest BCUT2D eigenvalue weighted by atomic mass is 31.2. The Hall–Kier alpha value is -2.63. The topological polar surface area (TPSA) is 349 Å². The van der Waals surface area contributed by atoms with E-state index in [-0.39, 0.29) is 5.82 Å².